The van der Waals surface area contributed by atoms with Crippen LogP contribution in [-0.2, 0) is 4.74 Å². The first-order valence-electron chi connectivity index (χ1n) is 7.19. The Hall–Kier alpha value is -1.89. The lowest BCUT2D eigenvalue weighted by Gasteiger charge is -2.23. The van der Waals surface area contributed by atoms with Crippen LogP contribution in [0.15, 0.2) is 6.20 Å². The molecule has 22 heavy (non-hydrogen) atoms. The van der Waals surface area contributed by atoms with E-state index in [1.165, 1.54) is 0 Å². The van der Waals surface area contributed by atoms with Crippen LogP contribution in [0, 0.1) is 30.3 Å². The fourth-order valence-electron chi connectivity index (χ4n) is 2.59. The van der Waals surface area contributed by atoms with Crippen molar-refractivity contribution in [3.63, 3.8) is 0 Å². The van der Waals surface area contributed by atoms with Crippen LogP contribution >= 0.6 is 0 Å². The van der Waals surface area contributed by atoms with Crippen molar-refractivity contribution in [2.45, 2.75) is 19.8 Å². The van der Waals surface area contributed by atoms with Crippen molar-refractivity contribution in [2.24, 2.45) is 5.92 Å². The molecule has 0 radical (unpaired) electrons. The van der Waals surface area contributed by atoms with E-state index in [-0.39, 0.29) is 16.8 Å². The number of ether oxygens (including phenoxy) is 1. The monoisotopic (exact) mass is 311 g/mol. The predicted octanol–water partition coefficient (Wildman–Crippen LogP) is 3.19. The maximum atomic E-state index is 14.5. The smallest absolute Gasteiger partial charge is 0.185 e. The summed E-state index contributed by atoms with van der Waals surface area (Å²) >= 11 is 0. The Morgan fingerprint density at radius 1 is 1.18 bits per heavy atom. The van der Waals surface area contributed by atoms with Crippen molar-refractivity contribution in [3.8, 4) is 0 Å². The second kappa shape index (κ2) is 6.08. The Morgan fingerprint density at radius 2 is 1.91 bits per heavy atom. The number of anilines is 1. The molecule has 118 valence electrons. The molecule has 0 unspecified atom stereocenters. The topological polar surface area (TPSA) is 47.0 Å². The van der Waals surface area contributed by atoms with Crippen LogP contribution in [-0.4, -0.2) is 29.7 Å². The number of fused-ring (bicyclic) bond motifs is 1. The van der Waals surface area contributed by atoms with E-state index in [1.807, 2.05) is 0 Å². The van der Waals surface area contributed by atoms with E-state index >= 15 is 0 Å². The number of benzene rings is 1. The molecular weight excluding hydrogens is 295 g/mol. The fraction of sp³-hybridized carbons (Fsp3) is 0.467. The largest absolute Gasteiger partial charge is 0.381 e. The summed E-state index contributed by atoms with van der Waals surface area (Å²) in [5, 5.41) is 2.44. The second-order valence-corrected chi connectivity index (χ2v) is 5.43. The molecule has 1 aromatic heterocycles. The number of nitrogens with zero attached hydrogens (tertiary/aromatic N) is 2. The standard InChI is InChI=1S/C15H16F3N3O/c1-8-19-7-10-11(16)12(17)15(13(18)14(10)21-8)20-6-9-2-4-22-5-3-9/h7,9,20H,2-6H2,1H3. The Labute approximate surface area is 125 Å². The van der Waals surface area contributed by atoms with E-state index < -0.39 is 23.1 Å². The first-order chi connectivity index (χ1) is 10.6. The zero-order valence-corrected chi connectivity index (χ0v) is 12.1. The third-order valence-electron chi connectivity index (χ3n) is 3.89. The van der Waals surface area contributed by atoms with Gasteiger partial charge in [-0.2, -0.15) is 0 Å². The highest BCUT2D eigenvalue weighted by molar-refractivity contribution is 5.83. The summed E-state index contributed by atoms with van der Waals surface area (Å²) in [5.74, 6) is -2.70. The maximum Gasteiger partial charge on any atom is 0.185 e. The Kier molecular flexibility index (Phi) is 4.15. The molecule has 2 heterocycles. The minimum absolute atomic E-state index is 0.208. The Morgan fingerprint density at radius 3 is 2.64 bits per heavy atom. The number of aryl methyl sites for hydroxylation is 1. The fourth-order valence-corrected chi connectivity index (χ4v) is 2.59. The molecular formula is C15H16F3N3O. The van der Waals surface area contributed by atoms with Crippen LogP contribution in [0.3, 0.4) is 0 Å². The van der Waals surface area contributed by atoms with Gasteiger partial charge in [-0.25, -0.2) is 23.1 Å². The highest BCUT2D eigenvalue weighted by Gasteiger charge is 2.23. The van der Waals surface area contributed by atoms with Crippen molar-refractivity contribution < 1.29 is 17.9 Å². The van der Waals surface area contributed by atoms with Gasteiger partial charge in [0, 0.05) is 26.0 Å². The number of hydrogen-bond donors (Lipinski definition) is 1. The highest BCUT2D eigenvalue weighted by atomic mass is 19.2. The summed E-state index contributed by atoms with van der Waals surface area (Å²) in [6, 6.07) is 0. The number of hydrogen-bond acceptors (Lipinski definition) is 4. The van der Waals surface area contributed by atoms with Gasteiger partial charge in [0.1, 0.15) is 17.0 Å². The van der Waals surface area contributed by atoms with Gasteiger partial charge in [-0.3, -0.25) is 0 Å². The summed E-state index contributed by atoms with van der Waals surface area (Å²) in [5.41, 5.74) is -0.671. The first kappa shape index (κ1) is 15.0. The van der Waals surface area contributed by atoms with E-state index in [1.54, 1.807) is 6.92 Å². The summed E-state index contributed by atoms with van der Waals surface area (Å²) in [6.07, 6.45) is 2.72. The molecule has 1 aromatic carbocycles. The summed E-state index contributed by atoms with van der Waals surface area (Å²) in [7, 11) is 0. The molecule has 1 aliphatic heterocycles. The molecule has 0 aliphatic carbocycles. The van der Waals surface area contributed by atoms with Crippen LogP contribution < -0.4 is 5.32 Å². The maximum absolute atomic E-state index is 14.5. The van der Waals surface area contributed by atoms with Crippen molar-refractivity contribution >= 4 is 16.6 Å². The molecule has 7 heteroatoms. The lowest BCUT2D eigenvalue weighted by atomic mass is 10.0. The van der Waals surface area contributed by atoms with E-state index in [0.29, 0.717) is 25.6 Å². The molecule has 2 aromatic rings. The van der Waals surface area contributed by atoms with Gasteiger partial charge in [-0.15, -0.1) is 0 Å². The zero-order chi connectivity index (χ0) is 15.7. The van der Waals surface area contributed by atoms with E-state index in [2.05, 4.69) is 15.3 Å². The SMILES string of the molecule is Cc1ncc2c(F)c(F)c(NCC3CCOCC3)c(F)c2n1. The zero-order valence-electron chi connectivity index (χ0n) is 12.1. The average Bonchev–Trinajstić information content (AvgIpc) is 2.53. The molecule has 0 atom stereocenters. The lowest BCUT2D eigenvalue weighted by Crippen LogP contribution is -2.23. The molecule has 1 N–H and O–H groups in total. The van der Waals surface area contributed by atoms with Crippen LogP contribution in [0.4, 0.5) is 18.9 Å². The van der Waals surface area contributed by atoms with Gasteiger partial charge in [-0.05, 0) is 25.7 Å². The van der Waals surface area contributed by atoms with Crippen molar-refractivity contribution in [3.05, 3.63) is 29.5 Å². The number of nitrogens with one attached hydrogen (secondary N) is 1. The number of aromatic nitrogens is 2. The number of halogens is 3. The van der Waals surface area contributed by atoms with E-state index in [4.69, 9.17) is 4.74 Å². The first-order valence-corrected chi connectivity index (χ1v) is 7.19. The van der Waals surface area contributed by atoms with Gasteiger partial charge in [0.2, 0.25) is 0 Å². The molecule has 0 amide bonds. The summed E-state index contributed by atoms with van der Waals surface area (Å²) in [4.78, 5) is 7.66. The summed E-state index contributed by atoms with van der Waals surface area (Å²) < 4.78 is 47.8. The summed E-state index contributed by atoms with van der Waals surface area (Å²) in [6.45, 7) is 3.20. The van der Waals surface area contributed by atoms with Gasteiger partial charge >= 0.3 is 0 Å². The third kappa shape index (κ3) is 2.72. The van der Waals surface area contributed by atoms with Gasteiger partial charge in [-0.1, -0.05) is 0 Å². The Balaban J connectivity index is 1.94. The lowest BCUT2D eigenvalue weighted by molar-refractivity contribution is 0.0699. The van der Waals surface area contributed by atoms with Crippen LogP contribution in [0.25, 0.3) is 10.9 Å². The van der Waals surface area contributed by atoms with Gasteiger partial charge in [0.05, 0.1) is 5.39 Å². The molecule has 0 saturated carbocycles. The van der Waals surface area contributed by atoms with E-state index in [9.17, 15) is 13.2 Å². The third-order valence-corrected chi connectivity index (χ3v) is 3.89. The van der Waals surface area contributed by atoms with Crippen LogP contribution in [0.5, 0.6) is 0 Å². The Bertz CT molecular complexity index is 702. The van der Waals surface area contributed by atoms with Crippen molar-refractivity contribution in [1.82, 2.24) is 9.97 Å². The number of rotatable bonds is 3. The van der Waals surface area contributed by atoms with E-state index in [0.717, 1.165) is 19.0 Å². The normalized spacial score (nSPS) is 16.2. The van der Waals surface area contributed by atoms with Crippen LogP contribution in [0.1, 0.15) is 18.7 Å². The van der Waals surface area contributed by atoms with Gasteiger partial charge in [0.25, 0.3) is 0 Å². The molecule has 1 fully saturated rings. The second-order valence-electron chi connectivity index (χ2n) is 5.43. The molecule has 1 aliphatic rings. The predicted molar refractivity (Wildman–Crippen MR) is 76.2 cm³/mol. The van der Waals surface area contributed by atoms with Gasteiger partial charge in [0.15, 0.2) is 17.5 Å². The van der Waals surface area contributed by atoms with Crippen molar-refractivity contribution in [1.29, 1.82) is 0 Å². The molecule has 3 rings (SSSR count). The minimum atomic E-state index is -1.23. The molecule has 4 nitrogen and oxygen atoms in total. The minimum Gasteiger partial charge on any atom is -0.381 e. The quantitative estimate of drug-likeness (QED) is 0.884. The molecule has 1 saturated heterocycles. The highest BCUT2D eigenvalue weighted by Crippen LogP contribution is 2.30. The van der Waals surface area contributed by atoms with Crippen molar-refractivity contribution in [2.75, 3.05) is 25.1 Å². The molecule has 0 spiro atoms. The van der Waals surface area contributed by atoms with Crippen LogP contribution in [0.2, 0.25) is 0 Å². The van der Waals surface area contributed by atoms with Gasteiger partial charge < -0.3 is 10.1 Å². The molecule has 0 bridgehead atoms. The average molecular weight is 311 g/mol.